The largest absolute Gasteiger partial charge is 0.327 e. The van der Waals surface area contributed by atoms with Crippen LogP contribution in [0.15, 0.2) is 18.2 Å². The molecule has 4 heteroatoms. The van der Waals surface area contributed by atoms with E-state index < -0.39 is 0 Å². The lowest BCUT2D eigenvalue weighted by molar-refractivity contribution is 0.504. The smallest absolute Gasteiger partial charge is 0.123 e. The van der Waals surface area contributed by atoms with Gasteiger partial charge in [-0.15, -0.1) is 0 Å². The first-order valence-corrected chi connectivity index (χ1v) is 7.54. The van der Waals surface area contributed by atoms with Gasteiger partial charge in [-0.3, -0.25) is 0 Å². The fraction of sp³-hybridized carbons (Fsp3) is 0.533. The Hall–Kier alpha value is -1.06. The Balaban J connectivity index is 1.84. The molecule has 1 fully saturated rings. The molecule has 0 saturated heterocycles. The van der Waals surface area contributed by atoms with Crippen molar-refractivity contribution in [3.63, 3.8) is 0 Å². The molecule has 0 atom stereocenters. The summed E-state index contributed by atoms with van der Waals surface area (Å²) in [6.07, 6.45) is 5.32. The average Bonchev–Trinajstić information content (AvgIpc) is 3.02. The van der Waals surface area contributed by atoms with Crippen molar-refractivity contribution in [2.24, 2.45) is 0 Å². The van der Waals surface area contributed by atoms with Gasteiger partial charge in [0.15, 0.2) is 0 Å². The van der Waals surface area contributed by atoms with Gasteiger partial charge >= 0.3 is 0 Å². The van der Waals surface area contributed by atoms with Crippen LogP contribution < -0.4 is 5.32 Å². The fourth-order valence-electron chi connectivity index (χ4n) is 3.01. The maximum Gasteiger partial charge on any atom is 0.123 e. The zero-order valence-electron chi connectivity index (χ0n) is 11.3. The molecule has 0 spiro atoms. The molecule has 0 radical (unpaired) electrons. The number of aryl methyl sites for hydroxylation is 1. The number of nitrogens with zero attached hydrogens (tertiary/aromatic N) is 2. The zero-order valence-corrected chi connectivity index (χ0v) is 12.1. The predicted octanol–water partition coefficient (Wildman–Crippen LogP) is 3.74. The third-order valence-corrected chi connectivity index (χ3v) is 4.24. The van der Waals surface area contributed by atoms with Gasteiger partial charge in [0.1, 0.15) is 5.82 Å². The second-order valence-electron chi connectivity index (χ2n) is 5.27. The van der Waals surface area contributed by atoms with Crippen molar-refractivity contribution in [2.45, 2.75) is 51.7 Å². The lowest BCUT2D eigenvalue weighted by Crippen LogP contribution is -2.26. The fourth-order valence-corrected chi connectivity index (χ4v) is 3.17. The minimum Gasteiger partial charge on any atom is -0.327 e. The van der Waals surface area contributed by atoms with Crippen molar-refractivity contribution in [3.8, 4) is 0 Å². The molecule has 0 amide bonds. The number of fused-ring (bicyclic) bond motifs is 1. The predicted molar refractivity (Wildman–Crippen MR) is 79.5 cm³/mol. The van der Waals surface area contributed by atoms with E-state index >= 15 is 0 Å². The lowest BCUT2D eigenvalue weighted by Gasteiger charge is -2.12. The van der Waals surface area contributed by atoms with Gasteiger partial charge in [-0.05, 0) is 38.0 Å². The number of aromatic nitrogens is 2. The maximum atomic E-state index is 6.04. The summed E-state index contributed by atoms with van der Waals surface area (Å²) in [7, 11) is 0. The van der Waals surface area contributed by atoms with Crippen LogP contribution in [0, 0.1) is 0 Å². The molecule has 1 saturated carbocycles. The van der Waals surface area contributed by atoms with E-state index in [-0.39, 0.29) is 0 Å². The zero-order chi connectivity index (χ0) is 13.2. The molecule has 2 aromatic rings. The maximum absolute atomic E-state index is 6.04. The minimum absolute atomic E-state index is 0.675. The highest BCUT2D eigenvalue weighted by atomic mass is 35.5. The van der Waals surface area contributed by atoms with E-state index in [9.17, 15) is 0 Å². The van der Waals surface area contributed by atoms with E-state index in [4.69, 9.17) is 16.6 Å². The normalized spacial score (nSPS) is 16.5. The van der Waals surface area contributed by atoms with Crippen LogP contribution in [-0.4, -0.2) is 15.6 Å². The molecule has 1 aromatic heterocycles. The average molecular weight is 278 g/mol. The molecule has 0 unspecified atom stereocenters. The third-order valence-electron chi connectivity index (χ3n) is 4.01. The van der Waals surface area contributed by atoms with Crippen molar-refractivity contribution in [3.05, 3.63) is 29.0 Å². The Kier molecular flexibility index (Phi) is 3.76. The molecule has 1 aromatic carbocycles. The Morgan fingerprint density at radius 2 is 2.16 bits per heavy atom. The first-order chi connectivity index (χ1) is 9.28. The van der Waals surface area contributed by atoms with E-state index in [1.807, 2.05) is 12.1 Å². The van der Waals surface area contributed by atoms with Gasteiger partial charge in [-0.2, -0.15) is 0 Å². The summed E-state index contributed by atoms with van der Waals surface area (Å²) in [4.78, 5) is 4.72. The molecular formula is C15H20ClN3. The number of nitrogens with one attached hydrogen (secondary N) is 1. The van der Waals surface area contributed by atoms with Crippen molar-refractivity contribution in [1.29, 1.82) is 0 Å². The monoisotopic (exact) mass is 277 g/mol. The number of hydrogen-bond donors (Lipinski definition) is 1. The number of halogens is 1. The van der Waals surface area contributed by atoms with Crippen LogP contribution in [0.3, 0.4) is 0 Å². The second-order valence-corrected chi connectivity index (χ2v) is 5.70. The molecule has 0 bridgehead atoms. The SMILES string of the molecule is CCn1c(CNC2CCCC2)nc2cc(Cl)ccc21. The molecule has 102 valence electrons. The van der Waals surface area contributed by atoms with Gasteiger partial charge in [-0.1, -0.05) is 24.4 Å². The molecule has 1 aliphatic rings. The lowest BCUT2D eigenvalue weighted by atomic mass is 10.2. The Labute approximate surface area is 119 Å². The van der Waals surface area contributed by atoms with Crippen LogP contribution in [0.25, 0.3) is 11.0 Å². The van der Waals surface area contributed by atoms with Crippen LogP contribution in [0.2, 0.25) is 5.02 Å². The summed E-state index contributed by atoms with van der Waals surface area (Å²) in [5.74, 6) is 1.12. The molecule has 0 aliphatic heterocycles. The Morgan fingerprint density at radius 1 is 1.37 bits per heavy atom. The Bertz CT molecular complexity index is 570. The van der Waals surface area contributed by atoms with Gasteiger partial charge in [0.25, 0.3) is 0 Å². The van der Waals surface area contributed by atoms with Crippen molar-refractivity contribution < 1.29 is 0 Å². The van der Waals surface area contributed by atoms with Gasteiger partial charge in [-0.25, -0.2) is 4.98 Å². The van der Waals surface area contributed by atoms with E-state index in [1.165, 1.54) is 31.2 Å². The van der Waals surface area contributed by atoms with Crippen molar-refractivity contribution in [1.82, 2.24) is 14.9 Å². The first-order valence-electron chi connectivity index (χ1n) is 7.16. The summed E-state index contributed by atoms with van der Waals surface area (Å²) in [6, 6.07) is 6.62. The van der Waals surface area contributed by atoms with Gasteiger partial charge in [0, 0.05) is 17.6 Å². The Morgan fingerprint density at radius 3 is 2.89 bits per heavy atom. The third kappa shape index (κ3) is 2.63. The highest BCUT2D eigenvalue weighted by Crippen LogP contribution is 2.22. The first kappa shape index (κ1) is 12.9. The second kappa shape index (κ2) is 5.51. The molecule has 19 heavy (non-hydrogen) atoms. The van der Waals surface area contributed by atoms with Gasteiger partial charge in [0.2, 0.25) is 0 Å². The van der Waals surface area contributed by atoms with E-state index in [2.05, 4.69) is 22.9 Å². The number of imidazole rings is 1. The topological polar surface area (TPSA) is 29.9 Å². The molecule has 1 heterocycles. The van der Waals surface area contributed by atoms with Crippen LogP contribution in [0.1, 0.15) is 38.4 Å². The molecule has 1 aliphatic carbocycles. The number of benzene rings is 1. The molecule has 3 nitrogen and oxygen atoms in total. The van der Waals surface area contributed by atoms with Crippen LogP contribution in [0.5, 0.6) is 0 Å². The summed E-state index contributed by atoms with van der Waals surface area (Å²) in [5, 5.41) is 4.39. The molecular weight excluding hydrogens is 258 g/mol. The van der Waals surface area contributed by atoms with Gasteiger partial charge < -0.3 is 9.88 Å². The van der Waals surface area contributed by atoms with Crippen LogP contribution >= 0.6 is 11.6 Å². The molecule has 3 rings (SSSR count). The summed E-state index contributed by atoms with van der Waals surface area (Å²) in [5.41, 5.74) is 2.17. The number of hydrogen-bond acceptors (Lipinski definition) is 2. The van der Waals surface area contributed by atoms with Crippen LogP contribution in [-0.2, 0) is 13.1 Å². The van der Waals surface area contributed by atoms with Crippen molar-refractivity contribution >= 4 is 22.6 Å². The van der Waals surface area contributed by atoms with Crippen molar-refractivity contribution in [2.75, 3.05) is 0 Å². The summed E-state index contributed by atoms with van der Waals surface area (Å²) < 4.78 is 2.27. The highest BCUT2D eigenvalue weighted by molar-refractivity contribution is 6.31. The molecule has 1 N–H and O–H groups in total. The standard InChI is InChI=1S/C15H20ClN3/c1-2-19-14-8-7-11(16)9-13(14)18-15(19)10-17-12-5-3-4-6-12/h7-9,12,17H,2-6,10H2,1H3. The van der Waals surface area contributed by atoms with E-state index in [0.29, 0.717) is 6.04 Å². The van der Waals surface area contributed by atoms with Crippen LogP contribution in [0.4, 0.5) is 0 Å². The minimum atomic E-state index is 0.675. The highest BCUT2D eigenvalue weighted by Gasteiger charge is 2.16. The van der Waals surface area contributed by atoms with E-state index in [1.54, 1.807) is 0 Å². The summed E-state index contributed by atoms with van der Waals surface area (Å²) in [6.45, 7) is 3.96. The summed E-state index contributed by atoms with van der Waals surface area (Å²) >= 11 is 6.04. The van der Waals surface area contributed by atoms with Gasteiger partial charge in [0.05, 0.1) is 17.6 Å². The number of rotatable bonds is 4. The quantitative estimate of drug-likeness (QED) is 0.923. The van der Waals surface area contributed by atoms with E-state index in [0.717, 1.165) is 29.5 Å².